The number of hydrogen-bond acceptors (Lipinski definition) is 3. The molecule has 0 aromatic heterocycles. The molecule has 1 atom stereocenters. The first-order valence-electron chi connectivity index (χ1n) is 4.67. The van der Waals surface area contributed by atoms with Crippen LogP contribution in [0.4, 0.5) is 4.39 Å². The van der Waals surface area contributed by atoms with Crippen molar-refractivity contribution < 1.29 is 9.13 Å². The Morgan fingerprint density at radius 1 is 1.60 bits per heavy atom. The summed E-state index contributed by atoms with van der Waals surface area (Å²) in [5, 5.41) is 0.345. The number of nitrogens with one attached hydrogen (secondary N) is 1. The van der Waals surface area contributed by atoms with Gasteiger partial charge in [-0.15, -0.1) is 0 Å². The Balaban J connectivity index is 2.81. The highest BCUT2D eigenvalue weighted by atomic mass is 35.5. The van der Waals surface area contributed by atoms with Crippen molar-refractivity contribution in [2.75, 3.05) is 13.2 Å². The minimum atomic E-state index is -0.365. The molecule has 0 spiro atoms. The predicted molar refractivity (Wildman–Crippen MR) is 58.0 cm³/mol. The van der Waals surface area contributed by atoms with Crippen LogP contribution in [0.5, 0.6) is 0 Å². The van der Waals surface area contributed by atoms with Gasteiger partial charge in [-0.2, -0.15) is 0 Å². The van der Waals surface area contributed by atoms with Gasteiger partial charge in [0, 0.05) is 11.6 Å². The van der Waals surface area contributed by atoms with Crippen molar-refractivity contribution in [1.29, 1.82) is 0 Å². The van der Waals surface area contributed by atoms with Crippen molar-refractivity contribution in [3.63, 3.8) is 0 Å². The Kier molecular flexibility index (Phi) is 4.98. The molecule has 84 valence electrons. The molecule has 0 aliphatic rings. The van der Waals surface area contributed by atoms with Gasteiger partial charge < -0.3 is 4.74 Å². The Bertz CT molecular complexity index is 322. The van der Waals surface area contributed by atoms with Gasteiger partial charge in [0.1, 0.15) is 5.82 Å². The van der Waals surface area contributed by atoms with E-state index in [1.54, 1.807) is 6.07 Å². The summed E-state index contributed by atoms with van der Waals surface area (Å²) in [6.45, 7) is 2.88. The smallest absolute Gasteiger partial charge is 0.124 e. The monoisotopic (exact) mass is 232 g/mol. The molecule has 5 heteroatoms. The topological polar surface area (TPSA) is 47.3 Å². The minimum absolute atomic E-state index is 0.224. The number of ether oxygens (including phenoxy) is 1. The molecule has 3 N–H and O–H groups in total. The summed E-state index contributed by atoms with van der Waals surface area (Å²) in [7, 11) is 0. The van der Waals surface area contributed by atoms with Gasteiger partial charge in [0.15, 0.2) is 0 Å². The normalized spacial score (nSPS) is 12.8. The number of halogens is 2. The second-order valence-electron chi connectivity index (χ2n) is 3.04. The van der Waals surface area contributed by atoms with E-state index in [0.29, 0.717) is 18.2 Å². The van der Waals surface area contributed by atoms with E-state index in [9.17, 15) is 4.39 Å². The van der Waals surface area contributed by atoms with Gasteiger partial charge in [-0.3, -0.25) is 11.3 Å². The van der Waals surface area contributed by atoms with Crippen molar-refractivity contribution in [2.24, 2.45) is 5.84 Å². The minimum Gasteiger partial charge on any atom is -0.380 e. The molecule has 1 aromatic carbocycles. The van der Waals surface area contributed by atoms with Crippen LogP contribution in [-0.2, 0) is 4.74 Å². The first kappa shape index (κ1) is 12.4. The third-order valence-electron chi connectivity index (χ3n) is 2.03. The lowest BCUT2D eigenvalue weighted by atomic mass is 10.1. The van der Waals surface area contributed by atoms with Crippen LogP contribution >= 0.6 is 11.6 Å². The first-order chi connectivity index (χ1) is 7.19. The Morgan fingerprint density at radius 3 is 2.87 bits per heavy atom. The number of hydrazine groups is 1. The molecule has 0 amide bonds. The van der Waals surface area contributed by atoms with Crippen molar-refractivity contribution in [3.8, 4) is 0 Å². The molecule has 0 fully saturated rings. The molecule has 15 heavy (non-hydrogen) atoms. The van der Waals surface area contributed by atoms with E-state index >= 15 is 0 Å². The van der Waals surface area contributed by atoms with Gasteiger partial charge in [0.2, 0.25) is 0 Å². The van der Waals surface area contributed by atoms with Crippen LogP contribution in [0.1, 0.15) is 18.5 Å². The van der Waals surface area contributed by atoms with Gasteiger partial charge in [-0.25, -0.2) is 4.39 Å². The lowest BCUT2D eigenvalue weighted by Crippen LogP contribution is -2.31. The maximum absolute atomic E-state index is 12.8. The lowest BCUT2D eigenvalue weighted by Gasteiger charge is -2.17. The number of nitrogens with two attached hydrogens (primary N) is 1. The Labute approximate surface area is 93.3 Å². The van der Waals surface area contributed by atoms with Crippen molar-refractivity contribution in [2.45, 2.75) is 13.0 Å². The molecular formula is C10H14ClFN2O. The second kappa shape index (κ2) is 6.02. The zero-order valence-corrected chi connectivity index (χ0v) is 9.22. The van der Waals surface area contributed by atoms with Crippen LogP contribution in [0.25, 0.3) is 0 Å². The molecule has 1 unspecified atom stereocenters. The molecule has 1 rings (SSSR count). The van der Waals surface area contributed by atoms with Gasteiger partial charge in [-0.05, 0) is 24.6 Å². The molecule has 0 saturated heterocycles. The van der Waals surface area contributed by atoms with E-state index in [-0.39, 0.29) is 11.9 Å². The standard InChI is InChI=1S/C10H14ClFN2O/c1-2-15-6-10(14-13)8-4-3-7(12)5-9(8)11/h3-5,10,14H,2,6,13H2,1H3. The van der Waals surface area contributed by atoms with Gasteiger partial charge in [-0.1, -0.05) is 17.7 Å². The fourth-order valence-corrected chi connectivity index (χ4v) is 1.55. The summed E-state index contributed by atoms with van der Waals surface area (Å²) < 4.78 is 18.0. The second-order valence-corrected chi connectivity index (χ2v) is 3.45. The van der Waals surface area contributed by atoms with E-state index < -0.39 is 0 Å². The fraction of sp³-hybridized carbons (Fsp3) is 0.400. The maximum Gasteiger partial charge on any atom is 0.124 e. The summed E-state index contributed by atoms with van der Waals surface area (Å²) in [5.41, 5.74) is 3.31. The highest BCUT2D eigenvalue weighted by molar-refractivity contribution is 6.31. The summed E-state index contributed by atoms with van der Waals surface area (Å²) in [4.78, 5) is 0. The van der Waals surface area contributed by atoms with E-state index in [2.05, 4.69) is 5.43 Å². The van der Waals surface area contributed by atoms with Crippen molar-refractivity contribution in [1.82, 2.24) is 5.43 Å². The molecule has 3 nitrogen and oxygen atoms in total. The fourth-order valence-electron chi connectivity index (χ4n) is 1.25. The van der Waals surface area contributed by atoms with E-state index in [0.717, 1.165) is 5.56 Å². The number of rotatable bonds is 5. The zero-order chi connectivity index (χ0) is 11.3. The zero-order valence-electron chi connectivity index (χ0n) is 8.47. The Hall–Kier alpha value is -0.680. The molecule has 0 radical (unpaired) electrons. The van der Waals surface area contributed by atoms with Crippen molar-refractivity contribution >= 4 is 11.6 Å². The highest BCUT2D eigenvalue weighted by Gasteiger charge is 2.13. The van der Waals surface area contributed by atoms with Gasteiger partial charge >= 0.3 is 0 Å². The number of hydrogen-bond donors (Lipinski definition) is 2. The summed E-state index contributed by atoms with van der Waals surface area (Å²) in [6, 6.07) is 3.98. The largest absolute Gasteiger partial charge is 0.380 e. The highest BCUT2D eigenvalue weighted by Crippen LogP contribution is 2.23. The molecule has 0 heterocycles. The average molecular weight is 233 g/mol. The van der Waals surface area contributed by atoms with E-state index in [1.807, 2.05) is 6.92 Å². The Morgan fingerprint density at radius 2 is 2.33 bits per heavy atom. The summed E-state index contributed by atoms with van der Waals surface area (Å²) in [6.07, 6.45) is 0. The van der Waals surface area contributed by atoms with E-state index in [1.165, 1.54) is 12.1 Å². The molecule has 0 aliphatic carbocycles. The number of benzene rings is 1. The molecule has 0 bridgehead atoms. The first-order valence-corrected chi connectivity index (χ1v) is 5.05. The van der Waals surface area contributed by atoms with Crippen LogP contribution in [0.15, 0.2) is 18.2 Å². The maximum atomic E-state index is 12.8. The average Bonchev–Trinajstić information content (AvgIpc) is 2.21. The third-order valence-corrected chi connectivity index (χ3v) is 2.36. The van der Waals surface area contributed by atoms with Gasteiger partial charge in [0.05, 0.1) is 12.6 Å². The van der Waals surface area contributed by atoms with Gasteiger partial charge in [0.25, 0.3) is 0 Å². The molecule has 0 aliphatic heterocycles. The van der Waals surface area contributed by atoms with Crippen LogP contribution in [-0.4, -0.2) is 13.2 Å². The van der Waals surface area contributed by atoms with Crippen LogP contribution in [0.2, 0.25) is 5.02 Å². The third kappa shape index (κ3) is 3.43. The van der Waals surface area contributed by atoms with Crippen LogP contribution in [0, 0.1) is 5.82 Å². The molecule has 1 aromatic rings. The predicted octanol–water partition coefficient (Wildman–Crippen LogP) is 2.02. The lowest BCUT2D eigenvalue weighted by molar-refractivity contribution is 0.123. The summed E-state index contributed by atoms with van der Waals surface area (Å²) in [5.74, 6) is 5.01. The molecular weight excluding hydrogens is 219 g/mol. The molecule has 0 saturated carbocycles. The SMILES string of the molecule is CCOCC(NN)c1ccc(F)cc1Cl. The van der Waals surface area contributed by atoms with Crippen molar-refractivity contribution in [3.05, 3.63) is 34.6 Å². The summed E-state index contributed by atoms with van der Waals surface area (Å²) >= 11 is 5.89. The van der Waals surface area contributed by atoms with Crippen LogP contribution < -0.4 is 11.3 Å². The quantitative estimate of drug-likeness (QED) is 0.603. The van der Waals surface area contributed by atoms with E-state index in [4.69, 9.17) is 22.2 Å². The van der Waals surface area contributed by atoms with Crippen LogP contribution in [0.3, 0.4) is 0 Å².